The normalized spacial score (nSPS) is 25.1. The zero-order valence-corrected chi connectivity index (χ0v) is 9.28. The highest BCUT2D eigenvalue weighted by Crippen LogP contribution is 2.23. The van der Waals surface area contributed by atoms with Crippen LogP contribution >= 0.6 is 11.7 Å². The van der Waals surface area contributed by atoms with E-state index in [4.69, 9.17) is 4.74 Å². The molecule has 0 aliphatic carbocycles. The highest BCUT2D eigenvalue weighted by molar-refractivity contribution is 7.00. The minimum atomic E-state index is -0.457. The summed E-state index contributed by atoms with van der Waals surface area (Å²) in [6.07, 6.45) is -0.457. The zero-order valence-electron chi connectivity index (χ0n) is 8.46. The molecule has 0 bridgehead atoms. The van der Waals surface area contributed by atoms with Crippen molar-refractivity contribution in [3.63, 3.8) is 0 Å². The van der Waals surface area contributed by atoms with E-state index in [2.05, 4.69) is 14.1 Å². The Bertz CT molecular complexity index is 502. The maximum atomic E-state index is 9.65. The molecule has 2 aromatic rings. The molecule has 16 heavy (non-hydrogen) atoms. The fourth-order valence-corrected chi connectivity index (χ4v) is 2.35. The highest BCUT2D eigenvalue weighted by Gasteiger charge is 2.26. The Labute approximate surface area is 96.4 Å². The Morgan fingerprint density at radius 3 is 3.12 bits per heavy atom. The molecule has 0 unspecified atom stereocenters. The predicted molar refractivity (Wildman–Crippen MR) is 61.7 cm³/mol. The van der Waals surface area contributed by atoms with Gasteiger partial charge in [-0.15, -0.1) is 0 Å². The van der Waals surface area contributed by atoms with Crippen LogP contribution in [0, 0.1) is 0 Å². The van der Waals surface area contributed by atoms with Crippen molar-refractivity contribution in [1.29, 1.82) is 0 Å². The third kappa shape index (κ3) is 1.64. The summed E-state index contributed by atoms with van der Waals surface area (Å²) in [5, 5.41) is 12.9. The smallest absolute Gasteiger partial charge is 0.127 e. The van der Waals surface area contributed by atoms with E-state index in [-0.39, 0.29) is 6.04 Å². The molecule has 1 aromatic heterocycles. The van der Waals surface area contributed by atoms with Crippen molar-refractivity contribution in [3.8, 4) is 0 Å². The second-order valence-corrected chi connectivity index (χ2v) is 4.32. The second kappa shape index (κ2) is 3.97. The molecule has 0 radical (unpaired) electrons. The number of aliphatic hydroxyl groups is 1. The number of ether oxygens (including phenoxy) is 1. The van der Waals surface area contributed by atoms with Gasteiger partial charge in [0.25, 0.3) is 0 Å². The Kier molecular flexibility index (Phi) is 2.47. The molecule has 2 atom stereocenters. The summed E-state index contributed by atoms with van der Waals surface area (Å²) in [4.78, 5) is 0. The second-order valence-electron chi connectivity index (χ2n) is 3.79. The number of fused-ring (bicyclic) bond motifs is 1. The number of benzene rings is 1. The van der Waals surface area contributed by atoms with Crippen LogP contribution in [0.4, 0.5) is 5.69 Å². The van der Waals surface area contributed by atoms with Crippen molar-refractivity contribution >= 4 is 28.4 Å². The first-order chi connectivity index (χ1) is 7.84. The lowest BCUT2D eigenvalue weighted by Crippen LogP contribution is -2.31. The van der Waals surface area contributed by atoms with Gasteiger partial charge in [0, 0.05) is 0 Å². The summed E-state index contributed by atoms with van der Waals surface area (Å²) >= 11 is 1.19. The summed E-state index contributed by atoms with van der Waals surface area (Å²) in [7, 11) is 0. The number of aromatic nitrogens is 2. The molecule has 1 saturated heterocycles. The van der Waals surface area contributed by atoms with Gasteiger partial charge in [-0.2, -0.15) is 8.75 Å². The SMILES string of the molecule is O[C@H]1COC[C@@H]1Nc1cccc2nsnc12. The van der Waals surface area contributed by atoms with Gasteiger partial charge in [-0.1, -0.05) is 6.07 Å². The summed E-state index contributed by atoms with van der Waals surface area (Å²) in [6, 6.07) is 5.72. The fourth-order valence-electron chi connectivity index (χ4n) is 1.80. The lowest BCUT2D eigenvalue weighted by molar-refractivity contribution is 0.125. The average Bonchev–Trinajstić information content (AvgIpc) is 2.89. The topological polar surface area (TPSA) is 67.3 Å². The van der Waals surface area contributed by atoms with Crippen molar-refractivity contribution in [1.82, 2.24) is 8.75 Å². The van der Waals surface area contributed by atoms with Crippen LogP contribution in [-0.4, -0.2) is 39.2 Å². The Morgan fingerprint density at radius 2 is 2.31 bits per heavy atom. The van der Waals surface area contributed by atoms with Crippen molar-refractivity contribution in [3.05, 3.63) is 18.2 Å². The molecule has 2 heterocycles. The van der Waals surface area contributed by atoms with Crippen LogP contribution in [0.15, 0.2) is 18.2 Å². The first-order valence-corrected chi connectivity index (χ1v) is 5.81. The molecule has 3 rings (SSSR count). The molecule has 5 nitrogen and oxygen atoms in total. The minimum absolute atomic E-state index is 0.0627. The molecule has 1 aliphatic heterocycles. The molecule has 0 spiro atoms. The van der Waals surface area contributed by atoms with Crippen molar-refractivity contribution in [2.75, 3.05) is 18.5 Å². The minimum Gasteiger partial charge on any atom is -0.388 e. The largest absolute Gasteiger partial charge is 0.388 e. The van der Waals surface area contributed by atoms with Gasteiger partial charge in [0.1, 0.15) is 11.0 Å². The van der Waals surface area contributed by atoms with Gasteiger partial charge in [0.2, 0.25) is 0 Å². The molecular weight excluding hydrogens is 226 g/mol. The van der Waals surface area contributed by atoms with Crippen molar-refractivity contribution in [2.45, 2.75) is 12.1 Å². The number of anilines is 1. The standard InChI is InChI=1S/C10H11N3O2S/c14-9-5-15-4-8(9)11-6-2-1-3-7-10(6)13-16-12-7/h1-3,8-9,11,14H,4-5H2/t8-,9-/m0/s1. The molecule has 0 amide bonds. The fraction of sp³-hybridized carbons (Fsp3) is 0.400. The lowest BCUT2D eigenvalue weighted by atomic mass is 10.2. The van der Waals surface area contributed by atoms with Crippen LogP contribution < -0.4 is 5.32 Å². The van der Waals surface area contributed by atoms with Gasteiger partial charge in [-0.05, 0) is 12.1 Å². The van der Waals surface area contributed by atoms with Crippen molar-refractivity contribution < 1.29 is 9.84 Å². The Hall–Kier alpha value is -1.24. The van der Waals surface area contributed by atoms with Crippen LogP contribution in [0.3, 0.4) is 0 Å². The number of hydrogen-bond acceptors (Lipinski definition) is 6. The molecular formula is C10H11N3O2S. The number of nitrogens with zero attached hydrogens (tertiary/aromatic N) is 2. The summed E-state index contributed by atoms with van der Waals surface area (Å²) in [6.45, 7) is 0.915. The molecule has 84 valence electrons. The van der Waals surface area contributed by atoms with Gasteiger partial charge in [0.15, 0.2) is 0 Å². The first-order valence-electron chi connectivity index (χ1n) is 5.08. The summed E-state index contributed by atoms with van der Waals surface area (Å²) < 4.78 is 13.6. The van der Waals surface area contributed by atoms with Gasteiger partial charge < -0.3 is 15.2 Å². The molecule has 6 heteroatoms. The maximum absolute atomic E-state index is 9.65. The quantitative estimate of drug-likeness (QED) is 0.811. The zero-order chi connectivity index (χ0) is 11.0. The van der Waals surface area contributed by atoms with Gasteiger partial charge >= 0.3 is 0 Å². The third-order valence-corrected chi connectivity index (χ3v) is 3.22. The molecule has 1 fully saturated rings. The van der Waals surface area contributed by atoms with Crippen LogP contribution in [-0.2, 0) is 4.74 Å². The highest BCUT2D eigenvalue weighted by atomic mass is 32.1. The van der Waals surface area contributed by atoms with Crippen LogP contribution in [0.25, 0.3) is 11.0 Å². The molecule has 1 aromatic carbocycles. The number of aliphatic hydroxyl groups excluding tert-OH is 1. The lowest BCUT2D eigenvalue weighted by Gasteiger charge is -2.15. The van der Waals surface area contributed by atoms with E-state index in [9.17, 15) is 5.11 Å². The number of rotatable bonds is 2. The average molecular weight is 237 g/mol. The third-order valence-electron chi connectivity index (χ3n) is 2.68. The first kappa shape index (κ1) is 9.95. The van der Waals surface area contributed by atoms with Crippen LogP contribution in [0.5, 0.6) is 0 Å². The summed E-state index contributed by atoms with van der Waals surface area (Å²) in [5.41, 5.74) is 2.64. The van der Waals surface area contributed by atoms with E-state index in [0.717, 1.165) is 16.7 Å². The van der Waals surface area contributed by atoms with Crippen molar-refractivity contribution in [2.24, 2.45) is 0 Å². The van der Waals surface area contributed by atoms with E-state index in [1.54, 1.807) is 0 Å². The van der Waals surface area contributed by atoms with Crippen LogP contribution in [0.1, 0.15) is 0 Å². The molecule has 0 saturated carbocycles. The maximum Gasteiger partial charge on any atom is 0.127 e. The van der Waals surface area contributed by atoms with Gasteiger partial charge in [-0.25, -0.2) is 0 Å². The number of nitrogens with one attached hydrogen (secondary N) is 1. The van der Waals surface area contributed by atoms with E-state index in [1.807, 2.05) is 18.2 Å². The summed E-state index contributed by atoms with van der Waals surface area (Å²) in [5.74, 6) is 0. The van der Waals surface area contributed by atoms with E-state index < -0.39 is 6.10 Å². The monoisotopic (exact) mass is 237 g/mol. The Balaban J connectivity index is 1.91. The van der Waals surface area contributed by atoms with E-state index >= 15 is 0 Å². The molecule has 1 aliphatic rings. The van der Waals surface area contributed by atoms with E-state index in [1.165, 1.54) is 11.7 Å². The van der Waals surface area contributed by atoms with Gasteiger partial charge in [-0.3, -0.25) is 0 Å². The molecule has 2 N–H and O–H groups in total. The predicted octanol–water partition coefficient (Wildman–Crippen LogP) is 0.863. The van der Waals surface area contributed by atoms with E-state index in [0.29, 0.717) is 13.2 Å². The Morgan fingerprint density at radius 1 is 1.38 bits per heavy atom. The van der Waals surface area contributed by atoms with Crippen LogP contribution in [0.2, 0.25) is 0 Å². The van der Waals surface area contributed by atoms with Gasteiger partial charge in [0.05, 0.1) is 42.8 Å². The number of hydrogen-bond donors (Lipinski definition) is 2.